The highest BCUT2D eigenvalue weighted by Crippen LogP contribution is 2.23. The van der Waals surface area contributed by atoms with Gasteiger partial charge in [-0.2, -0.15) is 0 Å². The van der Waals surface area contributed by atoms with Crippen molar-refractivity contribution in [1.82, 2.24) is 24.9 Å². The summed E-state index contributed by atoms with van der Waals surface area (Å²) in [7, 11) is 0. The summed E-state index contributed by atoms with van der Waals surface area (Å²) in [5.41, 5.74) is 2.36. The second-order valence-electron chi connectivity index (χ2n) is 10.7. The molecule has 39 heavy (non-hydrogen) atoms. The Hall–Kier alpha value is -2.65. The molecule has 2 N–H and O–H groups in total. The van der Waals surface area contributed by atoms with Gasteiger partial charge in [-0.1, -0.05) is 55.8 Å². The molecule has 0 radical (unpaired) electrons. The molecule has 0 aromatic heterocycles. The van der Waals surface area contributed by atoms with Crippen LogP contribution in [-0.2, 0) is 6.54 Å². The highest BCUT2D eigenvalue weighted by Gasteiger charge is 2.31. The van der Waals surface area contributed by atoms with E-state index < -0.39 is 0 Å². The van der Waals surface area contributed by atoms with Gasteiger partial charge in [0.1, 0.15) is 0 Å². The molecule has 2 atom stereocenters. The largest absolute Gasteiger partial charge is 0.348 e. The van der Waals surface area contributed by atoms with Gasteiger partial charge < -0.3 is 20.4 Å². The Morgan fingerprint density at radius 1 is 1.03 bits per heavy atom. The van der Waals surface area contributed by atoms with E-state index in [1.807, 2.05) is 11.8 Å². The van der Waals surface area contributed by atoms with Gasteiger partial charge in [-0.05, 0) is 50.2 Å². The Labute approximate surface area is 238 Å². The number of hydrogen-bond donors (Lipinski definition) is 2. The molecule has 2 saturated heterocycles. The molecule has 2 aliphatic heterocycles. The minimum atomic E-state index is -0.206. The number of urea groups is 1. The summed E-state index contributed by atoms with van der Waals surface area (Å²) in [6, 6.07) is 16.1. The van der Waals surface area contributed by atoms with Crippen molar-refractivity contribution in [3.8, 4) is 0 Å². The summed E-state index contributed by atoms with van der Waals surface area (Å²) in [5.74, 6) is -0.206. The van der Waals surface area contributed by atoms with Crippen LogP contribution in [0, 0.1) is 0 Å². The van der Waals surface area contributed by atoms with E-state index in [0.717, 1.165) is 52.4 Å². The molecule has 9 heteroatoms. The number of nitrogens with one attached hydrogen (secondary N) is 2. The normalized spacial score (nSPS) is 19.3. The maximum atomic E-state index is 12.9. The second kappa shape index (κ2) is 14.1. The fourth-order valence-corrected chi connectivity index (χ4v) is 5.85. The Morgan fingerprint density at radius 2 is 1.74 bits per heavy atom. The average molecular weight is 555 g/mol. The first-order valence-corrected chi connectivity index (χ1v) is 14.6. The van der Waals surface area contributed by atoms with Crippen molar-refractivity contribution >= 4 is 29.2 Å². The standard InChI is InChI=1S/C30H43ClN6O2/c1-4-34(5-2)20-23(3)32-29(38)27-12-11-25(19-28(27)31)33-30(39)37-17-15-36(16-18-37)26-13-14-35(22-26)21-24-9-7-6-8-10-24/h6-12,19,23,26H,4-5,13-18,20-22H2,1-3H3,(H,32,38)(H,33,39). The number of halogens is 1. The number of piperazine rings is 1. The van der Waals surface area contributed by atoms with Crippen molar-refractivity contribution in [2.75, 3.05) is 64.2 Å². The number of anilines is 1. The Morgan fingerprint density at radius 3 is 2.41 bits per heavy atom. The molecule has 2 aliphatic rings. The van der Waals surface area contributed by atoms with E-state index in [4.69, 9.17) is 11.6 Å². The molecule has 2 fully saturated rings. The van der Waals surface area contributed by atoms with Crippen LogP contribution in [0.2, 0.25) is 5.02 Å². The van der Waals surface area contributed by atoms with Crippen LogP contribution in [0.25, 0.3) is 0 Å². The molecule has 212 valence electrons. The zero-order valence-corrected chi connectivity index (χ0v) is 24.3. The van der Waals surface area contributed by atoms with Crippen molar-refractivity contribution in [3.05, 3.63) is 64.7 Å². The minimum Gasteiger partial charge on any atom is -0.348 e. The van der Waals surface area contributed by atoms with Gasteiger partial charge >= 0.3 is 6.03 Å². The van der Waals surface area contributed by atoms with E-state index in [2.05, 4.69) is 69.5 Å². The molecule has 2 heterocycles. The minimum absolute atomic E-state index is 0.00248. The number of benzene rings is 2. The molecular formula is C30H43ClN6O2. The highest BCUT2D eigenvalue weighted by molar-refractivity contribution is 6.34. The van der Waals surface area contributed by atoms with E-state index in [9.17, 15) is 9.59 Å². The van der Waals surface area contributed by atoms with E-state index in [1.165, 1.54) is 12.0 Å². The molecule has 3 amide bonds. The van der Waals surface area contributed by atoms with Crippen LogP contribution >= 0.6 is 11.6 Å². The molecule has 4 rings (SSSR count). The Kier molecular flexibility index (Phi) is 10.6. The van der Waals surface area contributed by atoms with Crippen LogP contribution in [-0.4, -0.2) is 103 Å². The highest BCUT2D eigenvalue weighted by atomic mass is 35.5. The van der Waals surface area contributed by atoms with Gasteiger partial charge in [0, 0.05) is 70.1 Å². The van der Waals surface area contributed by atoms with E-state index in [0.29, 0.717) is 35.4 Å². The second-order valence-corrected chi connectivity index (χ2v) is 11.1. The predicted molar refractivity (Wildman–Crippen MR) is 158 cm³/mol. The van der Waals surface area contributed by atoms with E-state index in [-0.39, 0.29) is 18.0 Å². The maximum Gasteiger partial charge on any atom is 0.321 e. The van der Waals surface area contributed by atoms with Crippen LogP contribution in [0.15, 0.2) is 48.5 Å². The number of amides is 3. The first kappa shape index (κ1) is 29.3. The molecular weight excluding hydrogens is 512 g/mol. The third-order valence-electron chi connectivity index (χ3n) is 7.88. The molecule has 2 aromatic rings. The van der Waals surface area contributed by atoms with Crippen molar-refractivity contribution in [3.63, 3.8) is 0 Å². The first-order valence-electron chi connectivity index (χ1n) is 14.2. The lowest BCUT2D eigenvalue weighted by Crippen LogP contribution is -2.53. The zero-order chi connectivity index (χ0) is 27.8. The maximum absolute atomic E-state index is 12.9. The van der Waals surface area contributed by atoms with Crippen molar-refractivity contribution < 1.29 is 9.59 Å². The van der Waals surface area contributed by atoms with Gasteiger partial charge in [0.2, 0.25) is 0 Å². The van der Waals surface area contributed by atoms with Gasteiger partial charge in [-0.3, -0.25) is 14.6 Å². The third-order valence-corrected chi connectivity index (χ3v) is 8.20. The number of carbonyl (C=O) groups is 2. The fourth-order valence-electron chi connectivity index (χ4n) is 5.58. The van der Waals surface area contributed by atoms with E-state index >= 15 is 0 Å². The summed E-state index contributed by atoms with van der Waals surface area (Å²) in [6.45, 7) is 15.2. The van der Waals surface area contributed by atoms with Crippen LogP contribution in [0.4, 0.5) is 10.5 Å². The molecule has 2 unspecified atom stereocenters. The van der Waals surface area contributed by atoms with Gasteiger partial charge in [0.15, 0.2) is 0 Å². The third kappa shape index (κ3) is 8.18. The number of likely N-dealkylation sites (N-methyl/N-ethyl adjacent to an activating group) is 1. The SMILES string of the molecule is CCN(CC)CC(C)NC(=O)c1ccc(NC(=O)N2CCN(C3CCN(Cc4ccccc4)C3)CC2)cc1Cl. The van der Waals surface area contributed by atoms with Crippen molar-refractivity contribution in [2.24, 2.45) is 0 Å². The van der Waals surface area contributed by atoms with Crippen LogP contribution < -0.4 is 10.6 Å². The van der Waals surface area contributed by atoms with Gasteiger partial charge in [0.25, 0.3) is 5.91 Å². The van der Waals surface area contributed by atoms with Crippen LogP contribution in [0.5, 0.6) is 0 Å². The summed E-state index contributed by atoms with van der Waals surface area (Å²) in [6.07, 6.45) is 1.17. The van der Waals surface area contributed by atoms with Crippen molar-refractivity contribution in [1.29, 1.82) is 0 Å². The lowest BCUT2D eigenvalue weighted by atomic mass is 10.1. The topological polar surface area (TPSA) is 71.2 Å². The predicted octanol–water partition coefficient (Wildman–Crippen LogP) is 4.22. The lowest BCUT2D eigenvalue weighted by molar-refractivity contribution is 0.0930. The van der Waals surface area contributed by atoms with E-state index in [1.54, 1.807) is 18.2 Å². The number of hydrogen-bond acceptors (Lipinski definition) is 5. The number of carbonyl (C=O) groups excluding carboxylic acids is 2. The fraction of sp³-hybridized carbons (Fsp3) is 0.533. The lowest BCUT2D eigenvalue weighted by Gasteiger charge is -2.38. The molecule has 8 nitrogen and oxygen atoms in total. The summed E-state index contributed by atoms with van der Waals surface area (Å²) in [5, 5.41) is 6.30. The zero-order valence-electron chi connectivity index (χ0n) is 23.5. The molecule has 0 spiro atoms. The average Bonchev–Trinajstić information content (AvgIpc) is 3.40. The monoisotopic (exact) mass is 554 g/mol. The molecule has 0 aliphatic carbocycles. The molecule has 0 saturated carbocycles. The summed E-state index contributed by atoms with van der Waals surface area (Å²) < 4.78 is 0. The quantitative estimate of drug-likeness (QED) is 0.460. The van der Waals surface area contributed by atoms with Crippen LogP contribution in [0.1, 0.15) is 43.1 Å². The summed E-state index contributed by atoms with van der Waals surface area (Å²) >= 11 is 6.45. The van der Waals surface area contributed by atoms with Gasteiger partial charge in [-0.15, -0.1) is 0 Å². The number of nitrogens with zero attached hydrogens (tertiary/aromatic N) is 4. The van der Waals surface area contributed by atoms with Crippen molar-refractivity contribution in [2.45, 2.75) is 45.8 Å². The Balaban J connectivity index is 1.22. The first-order chi connectivity index (χ1) is 18.9. The number of likely N-dealkylation sites (tertiary alicyclic amines) is 1. The molecule has 0 bridgehead atoms. The smallest absolute Gasteiger partial charge is 0.321 e. The van der Waals surface area contributed by atoms with Gasteiger partial charge in [0.05, 0.1) is 10.6 Å². The van der Waals surface area contributed by atoms with Crippen LogP contribution in [0.3, 0.4) is 0 Å². The summed E-state index contributed by atoms with van der Waals surface area (Å²) in [4.78, 5) is 34.9. The van der Waals surface area contributed by atoms with Gasteiger partial charge in [-0.25, -0.2) is 4.79 Å². The Bertz CT molecular complexity index is 1090. The number of rotatable bonds is 10. The molecule has 2 aromatic carbocycles.